The predicted octanol–water partition coefficient (Wildman–Crippen LogP) is 2.67. The van der Waals surface area contributed by atoms with Gasteiger partial charge in [0.05, 0.1) is 31.9 Å². The minimum atomic E-state index is -0.862. The summed E-state index contributed by atoms with van der Waals surface area (Å²) >= 11 is 0. The standard InChI is InChI=1S/C21H26N2O5/c1-4-13-12-23(2)16(11-21(13)27-9-10-28-21)18-17(19(24)20(25)26-3)14-7-5-6-8-15(14)22-18/h5-8,13,16,22H,4,9-12H2,1-3H3/t13-,16-/m0/s1. The molecule has 0 radical (unpaired) electrons. The number of rotatable bonds is 4. The van der Waals surface area contributed by atoms with Crippen LogP contribution in [0.5, 0.6) is 0 Å². The summed E-state index contributed by atoms with van der Waals surface area (Å²) in [6.07, 6.45) is 1.54. The number of methoxy groups -OCH3 is 1. The summed E-state index contributed by atoms with van der Waals surface area (Å²) in [6.45, 7) is 4.07. The number of para-hydroxylation sites is 1. The Morgan fingerprint density at radius 2 is 2.00 bits per heavy atom. The van der Waals surface area contributed by atoms with Gasteiger partial charge < -0.3 is 19.2 Å². The van der Waals surface area contributed by atoms with Crippen molar-refractivity contribution in [3.63, 3.8) is 0 Å². The summed E-state index contributed by atoms with van der Waals surface area (Å²) in [5, 5.41) is 0.723. The van der Waals surface area contributed by atoms with E-state index >= 15 is 0 Å². The van der Waals surface area contributed by atoms with Crippen LogP contribution in [0.1, 0.15) is 41.9 Å². The van der Waals surface area contributed by atoms with Crippen LogP contribution in [0.4, 0.5) is 0 Å². The van der Waals surface area contributed by atoms with Gasteiger partial charge in [-0.15, -0.1) is 0 Å². The second-order valence-electron chi connectivity index (χ2n) is 7.55. The second kappa shape index (κ2) is 7.31. The highest BCUT2D eigenvalue weighted by Gasteiger charge is 2.51. The van der Waals surface area contributed by atoms with E-state index in [0.29, 0.717) is 30.9 Å². The van der Waals surface area contributed by atoms with Crippen molar-refractivity contribution >= 4 is 22.7 Å². The molecule has 28 heavy (non-hydrogen) atoms. The largest absolute Gasteiger partial charge is 0.463 e. The molecule has 7 heteroatoms. The first-order valence-corrected chi connectivity index (χ1v) is 9.72. The van der Waals surface area contributed by atoms with Gasteiger partial charge in [0.25, 0.3) is 5.78 Å². The number of carbonyl (C=O) groups is 2. The Hall–Kier alpha value is -2.22. The highest BCUT2D eigenvalue weighted by atomic mass is 16.7. The van der Waals surface area contributed by atoms with Crippen molar-refractivity contribution in [1.82, 2.24) is 9.88 Å². The maximum atomic E-state index is 12.9. The highest BCUT2D eigenvalue weighted by Crippen LogP contribution is 2.46. The molecule has 150 valence electrons. The molecule has 0 unspecified atom stereocenters. The summed E-state index contributed by atoms with van der Waals surface area (Å²) in [6, 6.07) is 7.37. The van der Waals surface area contributed by atoms with Crippen molar-refractivity contribution in [2.24, 2.45) is 5.92 Å². The van der Waals surface area contributed by atoms with Crippen LogP contribution in [0.3, 0.4) is 0 Å². The Bertz CT molecular complexity index is 899. The normalized spacial score (nSPS) is 24.7. The zero-order valence-corrected chi connectivity index (χ0v) is 16.5. The number of aromatic amines is 1. The predicted molar refractivity (Wildman–Crippen MR) is 103 cm³/mol. The van der Waals surface area contributed by atoms with E-state index in [9.17, 15) is 9.59 Å². The van der Waals surface area contributed by atoms with E-state index in [0.717, 1.165) is 23.9 Å². The smallest absolute Gasteiger partial charge is 0.379 e. The van der Waals surface area contributed by atoms with Crippen molar-refractivity contribution in [1.29, 1.82) is 0 Å². The van der Waals surface area contributed by atoms with Gasteiger partial charge in [-0.05, 0) is 19.5 Å². The molecule has 1 N–H and O–H groups in total. The maximum absolute atomic E-state index is 12.9. The Balaban J connectivity index is 1.82. The SMILES string of the molecule is CC[C@H]1CN(C)[C@H](c2[nH]c3ccccc3c2C(=O)C(=O)OC)CC12OCCO2. The van der Waals surface area contributed by atoms with Crippen molar-refractivity contribution < 1.29 is 23.8 Å². The molecule has 1 spiro atoms. The zero-order chi connectivity index (χ0) is 19.9. The lowest BCUT2D eigenvalue weighted by Crippen LogP contribution is -2.52. The number of ether oxygens (including phenoxy) is 3. The molecule has 0 saturated carbocycles. The van der Waals surface area contributed by atoms with Crippen LogP contribution < -0.4 is 0 Å². The van der Waals surface area contributed by atoms with Crippen molar-refractivity contribution in [3.05, 3.63) is 35.5 Å². The summed E-state index contributed by atoms with van der Waals surface area (Å²) in [7, 11) is 3.26. The van der Waals surface area contributed by atoms with E-state index < -0.39 is 17.5 Å². The van der Waals surface area contributed by atoms with Gasteiger partial charge in [-0.3, -0.25) is 9.69 Å². The van der Waals surface area contributed by atoms with Gasteiger partial charge in [0.2, 0.25) is 0 Å². The van der Waals surface area contributed by atoms with E-state index in [2.05, 4.69) is 16.8 Å². The highest BCUT2D eigenvalue weighted by molar-refractivity contribution is 6.43. The van der Waals surface area contributed by atoms with Crippen LogP contribution in [0.2, 0.25) is 0 Å². The third-order valence-electron chi connectivity index (χ3n) is 6.08. The average Bonchev–Trinajstić information content (AvgIpc) is 3.33. The van der Waals surface area contributed by atoms with Gasteiger partial charge in [0.1, 0.15) is 0 Å². The van der Waals surface area contributed by atoms with Gasteiger partial charge >= 0.3 is 5.97 Å². The van der Waals surface area contributed by atoms with Crippen molar-refractivity contribution in [3.8, 4) is 0 Å². The first-order chi connectivity index (χ1) is 13.5. The Morgan fingerprint density at radius 1 is 1.29 bits per heavy atom. The third kappa shape index (κ3) is 2.94. The fourth-order valence-electron chi connectivity index (χ4n) is 4.64. The number of H-pyrrole nitrogens is 1. The quantitative estimate of drug-likeness (QED) is 0.494. The van der Waals surface area contributed by atoms with E-state index in [4.69, 9.17) is 14.2 Å². The molecule has 3 heterocycles. The summed E-state index contributed by atoms with van der Waals surface area (Å²) in [5.41, 5.74) is 1.91. The Morgan fingerprint density at radius 3 is 2.68 bits per heavy atom. The van der Waals surface area contributed by atoms with Gasteiger partial charge in [0.15, 0.2) is 5.79 Å². The molecule has 2 fully saturated rings. The van der Waals surface area contributed by atoms with Crippen LogP contribution in [0, 0.1) is 5.92 Å². The number of hydrogen-bond acceptors (Lipinski definition) is 6. The van der Waals surface area contributed by atoms with Crippen LogP contribution >= 0.6 is 0 Å². The van der Waals surface area contributed by atoms with E-state index in [1.807, 2.05) is 31.3 Å². The zero-order valence-electron chi connectivity index (χ0n) is 16.5. The molecular formula is C21H26N2O5. The molecule has 0 amide bonds. The molecule has 2 aromatic rings. The number of ketones is 1. The van der Waals surface area contributed by atoms with Gasteiger partial charge in [-0.1, -0.05) is 25.1 Å². The second-order valence-corrected chi connectivity index (χ2v) is 7.55. The molecular weight excluding hydrogens is 360 g/mol. The number of fused-ring (bicyclic) bond motifs is 1. The molecule has 0 aliphatic carbocycles. The molecule has 1 aromatic carbocycles. The molecule has 7 nitrogen and oxygen atoms in total. The minimum absolute atomic E-state index is 0.142. The number of esters is 1. The lowest BCUT2D eigenvalue weighted by molar-refractivity contribution is -0.231. The number of likely N-dealkylation sites (tertiary alicyclic amines) is 1. The van der Waals surface area contributed by atoms with Crippen LogP contribution in [0.15, 0.2) is 24.3 Å². The van der Waals surface area contributed by atoms with Crippen LogP contribution in [-0.2, 0) is 19.0 Å². The Labute approximate surface area is 163 Å². The number of hydrogen-bond donors (Lipinski definition) is 1. The summed E-state index contributed by atoms with van der Waals surface area (Å²) in [5.74, 6) is -1.89. The maximum Gasteiger partial charge on any atom is 0.379 e. The first-order valence-electron chi connectivity index (χ1n) is 9.72. The fraction of sp³-hybridized carbons (Fsp3) is 0.524. The molecule has 2 aliphatic heterocycles. The number of benzene rings is 1. The molecule has 2 aliphatic rings. The lowest BCUT2D eigenvalue weighted by Gasteiger charge is -2.47. The average molecular weight is 386 g/mol. The summed E-state index contributed by atoms with van der Waals surface area (Å²) < 4.78 is 16.9. The van der Waals surface area contributed by atoms with Crippen molar-refractivity contribution in [2.45, 2.75) is 31.6 Å². The topological polar surface area (TPSA) is 80.9 Å². The van der Waals surface area contributed by atoms with Gasteiger partial charge in [-0.2, -0.15) is 0 Å². The number of Topliss-reactive ketones (excluding diaryl/α,β-unsaturated/α-hetero) is 1. The number of carbonyl (C=O) groups excluding carboxylic acids is 2. The number of aromatic nitrogens is 1. The van der Waals surface area contributed by atoms with E-state index in [1.165, 1.54) is 7.11 Å². The molecule has 1 aromatic heterocycles. The summed E-state index contributed by atoms with van der Waals surface area (Å²) in [4.78, 5) is 30.5. The van der Waals surface area contributed by atoms with Crippen LogP contribution in [0.25, 0.3) is 10.9 Å². The Kier molecular flexibility index (Phi) is 4.99. The fourth-order valence-corrected chi connectivity index (χ4v) is 4.64. The number of nitrogens with one attached hydrogen (secondary N) is 1. The van der Waals surface area contributed by atoms with Crippen molar-refractivity contribution in [2.75, 3.05) is 33.9 Å². The lowest BCUT2D eigenvalue weighted by atomic mass is 9.82. The minimum Gasteiger partial charge on any atom is -0.463 e. The van der Waals surface area contributed by atoms with E-state index in [-0.39, 0.29) is 12.0 Å². The molecule has 4 rings (SSSR count). The number of piperidine rings is 1. The third-order valence-corrected chi connectivity index (χ3v) is 6.08. The van der Waals surface area contributed by atoms with Crippen LogP contribution in [-0.4, -0.2) is 61.3 Å². The molecule has 0 bridgehead atoms. The van der Waals surface area contributed by atoms with E-state index in [1.54, 1.807) is 0 Å². The monoisotopic (exact) mass is 386 g/mol. The first kappa shape index (κ1) is 19.1. The van der Waals surface area contributed by atoms with Gasteiger partial charge in [-0.25, -0.2) is 4.79 Å². The number of nitrogens with zero attached hydrogens (tertiary/aromatic N) is 1. The van der Waals surface area contributed by atoms with Gasteiger partial charge in [0, 0.05) is 35.5 Å². The molecule has 2 saturated heterocycles. The molecule has 2 atom stereocenters.